The van der Waals surface area contributed by atoms with Crippen LogP contribution in [-0.4, -0.2) is 33.9 Å². The molecule has 1 aliphatic rings. The van der Waals surface area contributed by atoms with Crippen molar-refractivity contribution in [3.63, 3.8) is 0 Å². The number of ketones is 1. The molecule has 3 rings (SSSR count). The van der Waals surface area contributed by atoms with Crippen molar-refractivity contribution in [2.75, 3.05) is 13.1 Å². The van der Waals surface area contributed by atoms with Gasteiger partial charge in [0.05, 0.1) is 22.3 Å². The zero-order valence-electron chi connectivity index (χ0n) is 11.2. The zero-order chi connectivity index (χ0) is 14.8. The molecular weight excluding hydrogens is 311 g/mol. The van der Waals surface area contributed by atoms with E-state index < -0.39 is 0 Å². The van der Waals surface area contributed by atoms with Crippen LogP contribution in [0.2, 0.25) is 10.0 Å². The van der Waals surface area contributed by atoms with Gasteiger partial charge in [-0.3, -0.25) is 4.79 Å². The third-order valence-electron chi connectivity index (χ3n) is 3.62. The average molecular weight is 325 g/mol. The van der Waals surface area contributed by atoms with Crippen LogP contribution in [-0.2, 0) is 0 Å². The molecule has 0 radical (unpaired) electrons. The van der Waals surface area contributed by atoms with E-state index in [4.69, 9.17) is 23.2 Å². The summed E-state index contributed by atoms with van der Waals surface area (Å²) in [5, 5.41) is 12.0. The SMILES string of the molecule is O=C(c1cn(C2CCNCC2)nn1)c1cccc(Cl)c1Cl. The highest BCUT2D eigenvalue weighted by molar-refractivity contribution is 6.44. The Morgan fingerprint density at radius 3 is 2.81 bits per heavy atom. The Bertz CT molecular complexity index is 665. The molecule has 0 amide bonds. The van der Waals surface area contributed by atoms with Crippen LogP contribution in [0, 0.1) is 0 Å². The molecular formula is C14H14Cl2N4O. The van der Waals surface area contributed by atoms with Crippen molar-refractivity contribution in [2.24, 2.45) is 0 Å². The minimum atomic E-state index is -0.261. The molecule has 1 aromatic carbocycles. The van der Waals surface area contributed by atoms with Crippen LogP contribution in [0.3, 0.4) is 0 Å². The molecule has 0 unspecified atom stereocenters. The van der Waals surface area contributed by atoms with Crippen LogP contribution in [0.25, 0.3) is 0 Å². The number of piperidine rings is 1. The number of nitrogens with zero attached hydrogens (tertiary/aromatic N) is 3. The minimum absolute atomic E-state index is 0.251. The second kappa shape index (κ2) is 6.13. The first-order chi connectivity index (χ1) is 10.2. The van der Waals surface area contributed by atoms with Crippen LogP contribution in [0.1, 0.15) is 34.9 Å². The Labute approximate surface area is 132 Å². The third kappa shape index (κ3) is 2.95. The van der Waals surface area contributed by atoms with Gasteiger partial charge in [-0.25, -0.2) is 4.68 Å². The summed E-state index contributed by atoms with van der Waals surface area (Å²) in [5.74, 6) is -0.261. The maximum Gasteiger partial charge on any atom is 0.216 e. The van der Waals surface area contributed by atoms with Crippen molar-refractivity contribution in [3.05, 3.63) is 45.7 Å². The Balaban J connectivity index is 1.85. The summed E-state index contributed by atoms with van der Waals surface area (Å²) in [5.41, 5.74) is 0.638. The molecule has 0 spiro atoms. The van der Waals surface area contributed by atoms with Gasteiger partial charge in [0, 0.05) is 5.56 Å². The number of benzene rings is 1. The summed E-state index contributed by atoms with van der Waals surface area (Å²) in [6.07, 6.45) is 3.65. The van der Waals surface area contributed by atoms with Gasteiger partial charge in [0.2, 0.25) is 5.78 Å². The van der Waals surface area contributed by atoms with Gasteiger partial charge >= 0.3 is 0 Å². The summed E-state index contributed by atoms with van der Waals surface area (Å²) in [7, 11) is 0. The fourth-order valence-electron chi connectivity index (χ4n) is 2.45. The molecule has 7 heteroatoms. The Morgan fingerprint density at radius 1 is 1.29 bits per heavy atom. The monoisotopic (exact) mass is 324 g/mol. The van der Waals surface area contributed by atoms with Crippen LogP contribution >= 0.6 is 23.2 Å². The summed E-state index contributed by atoms with van der Waals surface area (Å²) >= 11 is 12.0. The number of carbonyl (C=O) groups excluding carboxylic acids is 1. The van der Waals surface area contributed by atoms with Crippen molar-refractivity contribution >= 4 is 29.0 Å². The quantitative estimate of drug-likeness (QED) is 0.882. The predicted octanol–water partition coefficient (Wildman–Crippen LogP) is 2.74. The van der Waals surface area contributed by atoms with Gasteiger partial charge in [0.25, 0.3) is 0 Å². The van der Waals surface area contributed by atoms with E-state index in [1.165, 1.54) is 0 Å². The van der Waals surface area contributed by atoms with Gasteiger partial charge in [0.1, 0.15) is 0 Å². The molecule has 5 nitrogen and oxygen atoms in total. The fraction of sp³-hybridized carbons (Fsp3) is 0.357. The second-order valence-corrected chi connectivity index (χ2v) is 5.78. The zero-order valence-corrected chi connectivity index (χ0v) is 12.7. The van der Waals surface area contributed by atoms with Gasteiger partial charge < -0.3 is 5.32 Å². The lowest BCUT2D eigenvalue weighted by Gasteiger charge is -2.22. The van der Waals surface area contributed by atoms with E-state index in [0.717, 1.165) is 25.9 Å². The third-order valence-corrected chi connectivity index (χ3v) is 4.44. The standard InChI is InChI=1S/C14H14Cl2N4O/c15-11-3-1-2-10(13(11)16)14(21)12-8-20(19-18-12)9-4-6-17-7-5-9/h1-3,8-9,17H,4-7H2. The number of hydrogen-bond acceptors (Lipinski definition) is 4. The summed E-state index contributed by atoms with van der Waals surface area (Å²) < 4.78 is 1.77. The normalized spacial score (nSPS) is 16.1. The molecule has 1 saturated heterocycles. The van der Waals surface area contributed by atoms with Crippen molar-refractivity contribution < 1.29 is 4.79 Å². The number of aromatic nitrogens is 3. The molecule has 0 atom stereocenters. The Morgan fingerprint density at radius 2 is 2.05 bits per heavy atom. The van der Waals surface area contributed by atoms with E-state index in [2.05, 4.69) is 15.6 Å². The predicted molar refractivity (Wildman–Crippen MR) is 81.1 cm³/mol. The minimum Gasteiger partial charge on any atom is -0.317 e. The molecule has 1 N–H and O–H groups in total. The number of rotatable bonds is 3. The van der Waals surface area contributed by atoms with Gasteiger partial charge in [0.15, 0.2) is 5.69 Å². The second-order valence-electron chi connectivity index (χ2n) is 5.00. The van der Waals surface area contributed by atoms with E-state index in [9.17, 15) is 4.79 Å². The maximum absolute atomic E-state index is 12.4. The van der Waals surface area contributed by atoms with E-state index >= 15 is 0 Å². The molecule has 110 valence electrons. The number of nitrogens with one attached hydrogen (secondary N) is 1. The van der Waals surface area contributed by atoms with Crippen molar-refractivity contribution in [1.29, 1.82) is 0 Å². The number of carbonyl (C=O) groups is 1. The highest BCUT2D eigenvalue weighted by Crippen LogP contribution is 2.27. The molecule has 0 bridgehead atoms. The lowest BCUT2D eigenvalue weighted by Crippen LogP contribution is -2.29. The molecule has 21 heavy (non-hydrogen) atoms. The summed E-state index contributed by atoms with van der Waals surface area (Å²) in [4.78, 5) is 12.4. The maximum atomic E-state index is 12.4. The number of hydrogen-bond donors (Lipinski definition) is 1. The smallest absolute Gasteiger partial charge is 0.216 e. The average Bonchev–Trinajstić information content (AvgIpc) is 3.00. The lowest BCUT2D eigenvalue weighted by molar-refractivity contribution is 0.103. The van der Waals surface area contributed by atoms with Crippen LogP contribution in [0.15, 0.2) is 24.4 Å². The highest BCUT2D eigenvalue weighted by atomic mass is 35.5. The Kier molecular flexibility index (Phi) is 4.24. The van der Waals surface area contributed by atoms with Gasteiger partial charge in [-0.15, -0.1) is 5.10 Å². The van der Waals surface area contributed by atoms with Gasteiger partial charge in [-0.05, 0) is 38.1 Å². The summed E-state index contributed by atoms with van der Waals surface area (Å²) in [6, 6.07) is 5.26. The van der Waals surface area contributed by atoms with Crippen LogP contribution < -0.4 is 5.32 Å². The first kappa shape index (κ1) is 14.5. The van der Waals surface area contributed by atoms with Gasteiger partial charge in [-0.1, -0.05) is 34.5 Å². The molecule has 2 heterocycles. The fourth-order valence-corrected chi connectivity index (χ4v) is 2.83. The largest absolute Gasteiger partial charge is 0.317 e. The lowest BCUT2D eigenvalue weighted by atomic mass is 10.1. The summed E-state index contributed by atoms with van der Waals surface area (Å²) in [6.45, 7) is 1.90. The highest BCUT2D eigenvalue weighted by Gasteiger charge is 2.21. The molecule has 1 aliphatic heterocycles. The number of halogens is 2. The van der Waals surface area contributed by atoms with Crippen molar-refractivity contribution in [1.82, 2.24) is 20.3 Å². The van der Waals surface area contributed by atoms with Gasteiger partial charge in [-0.2, -0.15) is 0 Å². The van der Waals surface area contributed by atoms with E-state index in [0.29, 0.717) is 10.6 Å². The first-order valence-corrected chi connectivity index (χ1v) is 7.53. The van der Waals surface area contributed by atoms with E-state index in [1.54, 1.807) is 29.1 Å². The Hall–Kier alpha value is -1.43. The van der Waals surface area contributed by atoms with E-state index in [1.807, 2.05) is 0 Å². The van der Waals surface area contributed by atoms with Crippen molar-refractivity contribution in [3.8, 4) is 0 Å². The van der Waals surface area contributed by atoms with E-state index in [-0.39, 0.29) is 22.5 Å². The molecule has 2 aromatic rings. The molecule has 1 aromatic heterocycles. The molecule has 1 fully saturated rings. The molecule has 0 saturated carbocycles. The first-order valence-electron chi connectivity index (χ1n) is 6.78. The topological polar surface area (TPSA) is 59.8 Å². The molecule has 0 aliphatic carbocycles. The van der Waals surface area contributed by atoms with Crippen molar-refractivity contribution in [2.45, 2.75) is 18.9 Å². The van der Waals surface area contributed by atoms with Crippen LogP contribution in [0.5, 0.6) is 0 Å². The van der Waals surface area contributed by atoms with Crippen LogP contribution in [0.4, 0.5) is 0 Å².